The maximum atomic E-state index is 11.4. The molecular weight excluding hydrogens is 302 g/mol. The van der Waals surface area contributed by atoms with Gasteiger partial charge in [-0.2, -0.15) is 0 Å². The van der Waals surface area contributed by atoms with E-state index in [2.05, 4.69) is 10.1 Å². The average Bonchev–Trinajstić information content (AvgIpc) is 2.44. The summed E-state index contributed by atoms with van der Waals surface area (Å²) in [6.07, 6.45) is 0.0937. The number of ether oxygens (including phenoxy) is 3. The number of hydrogen-bond acceptors (Lipinski definition) is 6. The minimum absolute atomic E-state index is 0.0754. The van der Waals surface area contributed by atoms with Crippen LogP contribution in [0.3, 0.4) is 0 Å². The van der Waals surface area contributed by atoms with Crippen LogP contribution in [-0.4, -0.2) is 43.0 Å². The summed E-state index contributed by atoms with van der Waals surface area (Å²) in [7, 11) is 1.24. The van der Waals surface area contributed by atoms with Crippen LogP contribution in [0.25, 0.3) is 0 Å². The van der Waals surface area contributed by atoms with E-state index in [0.717, 1.165) is 0 Å². The lowest BCUT2D eigenvalue weighted by molar-refractivity contribution is 0.0524. The first-order chi connectivity index (χ1) is 10.7. The normalized spacial score (nSPS) is 10.8. The number of carbonyl (C=O) groups is 2. The highest BCUT2D eigenvalue weighted by atomic mass is 16.6. The second kappa shape index (κ2) is 8.26. The van der Waals surface area contributed by atoms with Gasteiger partial charge in [-0.15, -0.1) is 0 Å². The summed E-state index contributed by atoms with van der Waals surface area (Å²) in [5, 5.41) is 12.3. The first kappa shape index (κ1) is 18.6. The molecule has 0 aliphatic heterocycles. The number of hydrogen-bond donors (Lipinski definition) is 2. The molecule has 0 spiro atoms. The van der Waals surface area contributed by atoms with Gasteiger partial charge in [0.2, 0.25) is 0 Å². The van der Waals surface area contributed by atoms with Crippen LogP contribution >= 0.6 is 0 Å². The molecule has 0 unspecified atom stereocenters. The van der Waals surface area contributed by atoms with E-state index in [1.807, 2.05) is 0 Å². The predicted octanol–water partition coefficient (Wildman–Crippen LogP) is 2.47. The Labute approximate surface area is 135 Å². The molecule has 1 aromatic rings. The fourth-order valence-corrected chi connectivity index (χ4v) is 1.65. The Morgan fingerprint density at radius 3 is 2.52 bits per heavy atom. The number of benzene rings is 1. The van der Waals surface area contributed by atoms with E-state index in [9.17, 15) is 14.7 Å². The molecule has 7 nitrogen and oxygen atoms in total. The summed E-state index contributed by atoms with van der Waals surface area (Å²) >= 11 is 0. The van der Waals surface area contributed by atoms with Gasteiger partial charge in [0, 0.05) is 12.6 Å². The van der Waals surface area contributed by atoms with Crippen LogP contribution in [0.15, 0.2) is 18.2 Å². The molecule has 1 rings (SSSR count). The van der Waals surface area contributed by atoms with Gasteiger partial charge >= 0.3 is 12.1 Å². The molecule has 0 radical (unpaired) electrons. The van der Waals surface area contributed by atoms with Gasteiger partial charge in [-0.25, -0.2) is 9.59 Å². The lowest BCUT2D eigenvalue weighted by Gasteiger charge is -2.19. The number of aromatic hydroxyl groups is 1. The minimum Gasteiger partial charge on any atom is -0.507 e. The van der Waals surface area contributed by atoms with Gasteiger partial charge in [0.15, 0.2) is 0 Å². The van der Waals surface area contributed by atoms with Gasteiger partial charge < -0.3 is 24.6 Å². The van der Waals surface area contributed by atoms with Crippen LogP contribution in [-0.2, 0) is 9.47 Å². The molecule has 0 atom stereocenters. The number of phenols is 1. The van der Waals surface area contributed by atoms with Crippen LogP contribution in [0.5, 0.6) is 11.5 Å². The molecule has 0 aliphatic rings. The van der Waals surface area contributed by atoms with E-state index in [-0.39, 0.29) is 11.3 Å². The molecule has 23 heavy (non-hydrogen) atoms. The van der Waals surface area contributed by atoms with Crippen molar-refractivity contribution >= 4 is 12.1 Å². The summed E-state index contributed by atoms with van der Waals surface area (Å²) in [6, 6.07) is 4.33. The second-order valence-corrected chi connectivity index (χ2v) is 5.80. The first-order valence-electron chi connectivity index (χ1n) is 7.24. The zero-order valence-corrected chi connectivity index (χ0v) is 13.8. The third-order valence-corrected chi connectivity index (χ3v) is 2.63. The molecule has 0 heterocycles. The first-order valence-corrected chi connectivity index (χ1v) is 7.24. The number of amides is 1. The van der Waals surface area contributed by atoms with Crippen molar-refractivity contribution in [2.75, 3.05) is 20.3 Å². The van der Waals surface area contributed by atoms with Gasteiger partial charge in [-0.05, 0) is 39.3 Å². The molecule has 7 heteroatoms. The number of rotatable bonds is 6. The predicted molar refractivity (Wildman–Crippen MR) is 83.8 cm³/mol. The third-order valence-electron chi connectivity index (χ3n) is 2.63. The molecular formula is C16H23NO6. The van der Waals surface area contributed by atoms with E-state index < -0.39 is 17.7 Å². The highest BCUT2D eigenvalue weighted by Gasteiger charge is 2.15. The van der Waals surface area contributed by atoms with Crippen molar-refractivity contribution in [1.29, 1.82) is 0 Å². The molecule has 1 aromatic carbocycles. The molecule has 1 amide bonds. The van der Waals surface area contributed by atoms with E-state index in [4.69, 9.17) is 9.47 Å². The fourth-order valence-electron chi connectivity index (χ4n) is 1.65. The molecule has 128 valence electrons. The zero-order valence-electron chi connectivity index (χ0n) is 13.8. The van der Waals surface area contributed by atoms with Crippen LogP contribution in [0.2, 0.25) is 0 Å². The zero-order chi connectivity index (χ0) is 17.5. The standard InChI is InChI=1S/C16H23NO6/c1-16(2,3)23-15(20)17-8-5-9-22-11-6-7-12(13(18)10-11)14(19)21-4/h6-7,10,18H,5,8-9H2,1-4H3,(H,17,20). The van der Waals surface area contributed by atoms with Crippen molar-refractivity contribution in [2.24, 2.45) is 0 Å². The second-order valence-electron chi connectivity index (χ2n) is 5.80. The van der Waals surface area contributed by atoms with E-state index in [1.165, 1.54) is 19.2 Å². The molecule has 2 N–H and O–H groups in total. The Kier molecular flexibility index (Phi) is 6.68. The van der Waals surface area contributed by atoms with Gasteiger partial charge in [0.25, 0.3) is 0 Å². The van der Waals surface area contributed by atoms with Crippen molar-refractivity contribution in [1.82, 2.24) is 5.32 Å². The van der Waals surface area contributed by atoms with Gasteiger partial charge in [-0.3, -0.25) is 0 Å². The van der Waals surface area contributed by atoms with Gasteiger partial charge in [-0.1, -0.05) is 0 Å². The van der Waals surface area contributed by atoms with E-state index >= 15 is 0 Å². The lowest BCUT2D eigenvalue weighted by atomic mass is 10.2. The number of methoxy groups -OCH3 is 1. The molecule has 0 aromatic heterocycles. The van der Waals surface area contributed by atoms with E-state index in [0.29, 0.717) is 25.3 Å². The Morgan fingerprint density at radius 1 is 1.26 bits per heavy atom. The van der Waals surface area contributed by atoms with Crippen molar-refractivity contribution in [3.05, 3.63) is 23.8 Å². The van der Waals surface area contributed by atoms with Crippen molar-refractivity contribution in [2.45, 2.75) is 32.8 Å². The number of alkyl carbamates (subject to hydrolysis) is 1. The summed E-state index contributed by atoms with van der Waals surface area (Å²) in [6.45, 7) is 6.12. The highest BCUT2D eigenvalue weighted by molar-refractivity contribution is 5.92. The van der Waals surface area contributed by atoms with E-state index in [1.54, 1.807) is 26.8 Å². The van der Waals surface area contributed by atoms with Gasteiger partial charge in [0.1, 0.15) is 22.7 Å². The van der Waals surface area contributed by atoms with Crippen LogP contribution in [0.1, 0.15) is 37.6 Å². The lowest BCUT2D eigenvalue weighted by Crippen LogP contribution is -2.33. The Bertz CT molecular complexity index is 550. The SMILES string of the molecule is COC(=O)c1ccc(OCCCNC(=O)OC(C)(C)C)cc1O. The van der Waals surface area contributed by atoms with Crippen molar-refractivity contribution in [3.63, 3.8) is 0 Å². The topological polar surface area (TPSA) is 94.1 Å². The number of phenolic OH excluding ortho intramolecular Hbond substituents is 1. The molecule has 0 fully saturated rings. The largest absolute Gasteiger partial charge is 0.507 e. The summed E-state index contributed by atoms with van der Waals surface area (Å²) < 4.78 is 15.1. The highest BCUT2D eigenvalue weighted by Crippen LogP contribution is 2.24. The Morgan fingerprint density at radius 2 is 1.96 bits per heavy atom. The molecule has 0 bridgehead atoms. The minimum atomic E-state index is -0.615. The van der Waals surface area contributed by atoms with Gasteiger partial charge in [0.05, 0.1) is 13.7 Å². The van der Waals surface area contributed by atoms with Crippen molar-refractivity contribution < 1.29 is 28.9 Å². The Hall–Kier alpha value is -2.44. The molecule has 0 saturated carbocycles. The maximum Gasteiger partial charge on any atom is 0.407 e. The maximum absolute atomic E-state index is 11.4. The average molecular weight is 325 g/mol. The van der Waals surface area contributed by atoms with Crippen LogP contribution in [0, 0.1) is 0 Å². The number of carbonyl (C=O) groups excluding carboxylic acids is 2. The van der Waals surface area contributed by atoms with Crippen molar-refractivity contribution in [3.8, 4) is 11.5 Å². The third kappa shape index (κ3) is 6.90. The van der Waals surface area contributed by atoms with Crippen LogP contribution < -0.4 is 10.1 Å². The molecule has 0 aliphatic carbocycles. The number of esters is 1. The Balaban J connectivity index is 2.33. The summed E-state index contributed by atoms with van der Waals surface area (Å²) in [4.78, 5) is 22.7. The quantitative estimate of drug-likeness (QED) is 0.616. The van der Waals surface area contributed by atoms with Crippen LogP contribution in [0.4, 0.5) is 4.79 Å². The summed E-state index contributed by atoms with van der Waals surface area (Å²) in [5.74, 6) is -0.399. The summed E-state index contributed by atoms with van der Waals surface area (Å²) in [5.41, 5.74) is -0.453. The monoisotopic (exact) mass is 325 g/mol. The molecule has 0 saturated heterocycles. The number of nitrogens with one attached hydrogen (secondary N) is 1. The smallest absolute Gasteiger partial charge is 0.407 e. The fraction of sp³-hybridized carbons (Fsp3) is 0.500.